The minimum Gasteiger partial charge on any atom is -0.352 e. The molecule has 0 aliphatic carbocycles. The summed E-state index contributed by atoms with van der Waals surface area (Å²) in [6.45, 7) is 6.37. The smallest absolute Gasteiger partial charge is 0.244 e. The number of carbonyl (C=O) groups is 3. The molecule has 0 heterocycles. The molecule has 2 aromatic carbocycles. The van der Waals surface area contributed by atoms with Gasteiger partial charge in [-0.2, -0.15) is 0 Å². The first-order valence-electron chi connectivity index (χ1n) is 11.3. The van der Waals surface area contributed by atoms with Gasteiger partial charge < -0.3 is 10.2 Å². The number of anilines is 1. The molecule has 2 rings (SSSR count). The molecule has 8 nitrogen and oxygen atoms in total. The molecule has 0 fully saturated rings. The van der Waals surface area contributed by atoms with Crippen LogP contribution in [0.2, 0.25) is 5.02 Å². The molecule has 0 aliphatic rings. The van der Waals surface area contributed by atoms with Gasteiger partial charge in [0.05, 0.1) is 11.9 Å². The molecular weight excluding hydrogens is 490 g/mol. The van der Waals surface area contributed by atoms with Crippen LogP contribution in [0.25, 0.3) is 0 Å². The van der Waals surface area contributed by atoms with E-state index in [0.717, 1.165) is 16.1 Å². The molecule has 0 radical (unpaired) electrons. The molecule has 190 valence electrons. The highest BCUT2D eigenvalue weighted by molar-refractivity contribution is 7.92. The molecule has 0 saturated carbocycles. The van der Waals surface area contributed by atoms with Gasteiger partial charge in [-0.3, -0.25) is 18.7 Å². The number of rotatable bonds is 11. The zero-order valence-electron chi connectivity index (χ0n) is 20.6. The van der Waals surface area contributed by atoms with E-state index in [1.165, 1.54) is 24.0 Å². The summed E-state index contributed by atoms with van der Waals surface area (Å²) in [5, 5.41) is 3.37. The molecule has 0 spiro atoms. The SMILES string of the molecule is CC[C@H](C(=O)NC(C)C)N(Cc1ccc(Cl)cc1)C(=O)CN(c1cccc(C(C)=O)c1)S(C)(=O)=O. The van der Waals surface area contributed by atoms with Crippen molar-refractivity contribution in [1.29, 1.82) is 0 Å². The Morgan fingerprint density at radius 1 is 1.06 bits per heavy atom. The second kappa shape index (κ2) is 12.2. The number of nitrogens with zero attached hydrogens (tertiary/aromatic N) is 2. The maximum absolute atomic E-state index is 13.6. The highest BCUT2D eigenvalue weighted by atomic mass is 35.5. The van der Waals surface area contributed by atoms with Crippen molar-refractivity contribution < 1.29 is 22.8 Å². The number of amides is 2. The predicted octanol–water partition coefficient (Wildman–Crippen LogP) is 3.64. The Bertz CT molecular complexity index is 1170. The average molecular weight is 522 g/mol. The average Bonchev–Trinajstić information content (AvgIpc) is 2.77. The Balaban J connectivity index is 2.47. The quantitative estimate of drug-likeness (QED) is 0.455. The number of ketones is 1. The van der Waals surface area contributed by atoms with Crippen LogP contribution in [-0.4, -0.2) is 55.8 Å². The summed E-state index contributed by atoms with van der Waals surface area (Å²) in [4.78, 5) is 39.8. The lowest BCUT2D eigenvalue weighted by molar-refractivity contribution is -0.140. The van der Waals surface area contributed by atoms with Gasteiger partial charge in [0.2, 0.25) is 21.8 Å². The fourth-order valence-electron chi connectivity index (χ4n) is 3.58. The Kier molecular flexibility index (Phi) is 9.85. The molecule has 1 atom stereocenters. The van der Waals surface area contributed by atoms with Gasteiger partial charge in [0.15, 0.2) is 5.78 Å². The first kappa shape index (κ1) is 28.3. The van der Waals surface area contributed by atoms with Gasteiger partial charge in [-0.25, -0.2) is 8.42 Å². The molecule has 0 unspecified atom stereocenters. The second-order valence-corrected chi connectivity index (χ2v) is 11.0. The van der Waals surface area contributed by atoms with E-state index in [9.17, 15) is 22.8 Å². The van der Waals surface area contributed by atoms with Gasteiger partial charge >= 0.3 is 0 Å². The van der Waals surface area contributed by atoms with Crippen molar-refractivity contribution in [3.8, 4) is 0 Å². The third-order valence-electron chi connectivity index (χ3n) is 5.30. The summed E-state index contributed by atoms with van der Waals surface area (Å²) in [5.74, 6) is -1.11. The summed E-state index contributed by atoms with van der Waals surface area (Å²) in [7, 11) is -3.88. The van der Waals surface area contributed by atoms with E-state index in [4.69, 9.17) is 11.6 Å². The number of hydrogen-bond donors (Lipinski definition) is 1. The normalized spacial score (nSPS) is 12.2. The van der Waals surface area contributed by atoms with Crippen LogP contribution in [0.4, 0.5) is 5.69 Å². The van der Waals surface area contributed by atoms with Gasteiger partial charge in [-0.05, 0) is 57.0 Å². The van der Waals surface area contributed by atoms with E-state index in [2.05, 4.69) is 5.32 Å². The highest BCUT2D eigenvalue weighted by Gasteiger charge is 2.32. The molecule has 2 amide bonds. The number of benzene rings is 2. The lowest BCUT2D eigenvalue weighted by atomic mass is 10.1. The topological polar surface area (TPSA) is 104 Å². The molecule has 35 heavy (non-hydrogen) atoms. The zero-order valence-corrected chi connectivity index (χ0v) is 22.2. The molecule has 10 heteroatoms. The van der Waals surface area contributed by atoms with Gasteiger partial charge in [-0.15, -0.1) is 0 Å². The molecule has 0 saturated heterocycles. The molecule has 2 aromatic rings. The number of Topliss-reactive ketones (excluding diaryl/α,β-unsaturated/α-hetero) is 1. The summed E-state index contributed by atoms with van der Waals surface area (Å²) < 4.78 is 26.3. The Morgan fingerprint density at radius 2 is 1.69 bits per heavy atom. The van der Waals surface area contributed by atoms with E-state index in [1.54, 1.807) is 43.3 Å². The van der Waals surface area contributed by atoms with Crippen LogP contribution in [0.15, 0.2) is 48.5 Å². The lowest BCUT2D eigenvalue weighted by Crippen LogP contribution is -2.53. The van der Waals surface area contributed by atoms with Crippen molar-refractivity contribution in [3.05, 3.63) is 64.7 Å². The fourth-order valence-corrected chi connectivity index (χ4v) is 4.55. The summed E-state index contributed by atoms with van der Waals surface area (Å²) in [6, 6.07) is 12.0. The van der Waals surface area contributed by atoms with Crippen molar-refractivity contribution in [3.63, 3.8) is 0 Å². The van der Waals surface area contributed by atoms with Crippen LogP contribution in [0.3, 0.4) is 0 Å². The summed E-state index contributed by atoms with van der Waals surface area (Å²) in [5.41, 5.74) is 1.26. The highest BCUT2D eigenvalue weighted by Crippen LogP contribution is 2.22. The van der Waals surface area contributed by atoms with Crippen molar-refractivity contribution in [2.24, 2.45) is 0 Å². The maximum Gasteiger partial charge on any atom is 0.244 e. The molecule has 0 aromatic heterocycles. The third-order valence-corrected chi connectivity index (χ3v) is 6.70. The predicted molar refractivity (Wildman–Crippen MR) is 138 cm³/mol. The fraction of sp³-hybridized carbons (Fsp3) is 0.400. The van der Waals surface area contributed by atoms with Crippen molar-refractivity contribution in [1.82, 2.24) is 10.2 Å². The first-order chi connectivity index (χ1) is 16.3. The van der Waals surface area contributed by atoms with Crippen molar-refractivity contribution in [2.45, 2.75) is 52.7 Å². The first-order valence-corrected chi connectivity index (χ1v) is 13.5. The van der Waals surface area contributed by atoms with Gasteiger partial charge in [0.25, 0.3) is 0 Å². The minimum atomic E-state index is -3.88. The number of nitrogens with one attached hydrogen (secondary N) is 1. The standard InChI is InChI=1S/C25H32ClN3O5S/c1-6-23(25(32)27-17(2)3)28(15-19-10-12-21(26)13-11-19)24(31)16-29(35(5,33)34)22-9-7-8-20(14-22)18(4)30/h7-14,17,23H,6,15-16H2,1-5H3,(H,27,32)/t23-/m1/s1. The number of sulfonamides is 1. The largest absolute Gasteiger partial charge is 0.352 e. The number of hydrogen-bond acceptors (Lipinski definition) is 5. The van der Waals surface area contributed by atoms with Crippen LogP contribution in [-0.2, 0) is 26.2 Å². The Hall–Kier alpha value is -2.91. The van der Waals surface area contributed by atoms with E-state index in [-0.39, 0.29) is 30.0 Å². The second-order valence-electron chi connectivity index (χ2n) is 8.61. The lowest BCUT2D eigenvalue weighted by Gasteiger charge is -2.33. The van der Waals surface area contributed by atoms with E-state index < -0.39 is 28.5 Å². The van der Waals surface area contributed by atoms with E-state index >= 15 is 0 Å². The van der Waals surface area contributed by atoms with Crippen LogP contribution >= 0.6 is 11.6 Å². The number of halogens is 1. The summed E-state index contributed by atoms with van der Waals surface area (Å²) >= 11 is 5.99. The molecular formula is C25H32ClN3O5S. The Morgan fingerprint density at radius 3 is 2.20 bits per heavy atom. The van der Waals surface area contributed by atoms with Gasteiger partial charge in [0, 0.05) is 23.2 Å². The van der Waals surface area contributed by atoms with Crippen LogP contribution in [0.5, 0.6) is 0 Å². The van der Waals surface area contributed by atoms with Crippen molar-refractivity contribution in [2.75, 3.05) is 17.1 Å². The van der Waals surface area contributed by atoms with Gasteiger partial charge in [0.1, 0.15) is 12.6 Å². The van der Waals surface area contributed by atoms with E-state index in [1.807, 2.05) is 13.8 Å². The molecule has 1 N–H and O–H groups in total. The Labute approximate surface area is 212 Å². The van der Waals surface area contributed by atoms with Crippen LogP contribution in [0, 0.1) is 0 Å². The molecule has 0 aliphatic heterocycles. The number of carbonyl (C=O) groups excluding carboxylic acids is 3. The van der Waals surface area contributed by atoms with Crippen LogP contribution < -0.4 is 9.62 Å². The zero-order chi connectivity index (χ0) is 26.3. The molecule has 0 bridgehead atoms. The third kappa shape index (κ3) is 8.07. The van der Waals surface area contributed by atoms with Crippen LogP contribution in [0.1, 0.15) is 50.0 Å². The monoisotopic (exact) mass is 521 g/mol. The summed E-state index contributed by atoms with van der Waals surface area (Å²) in [6.07, 6.45) is 1.32. The van der Waals surface area contributed by atoms with Crippen molar-refractivity contribution >= 4 is 44.9 Å². The van der Waals surface area contributed by atoms with E-state index in [0.29, 0.717) is 17.0 Å². The maximum atomic E-state index is 13.6. The minimum absolute atomic E-state index is 0.0884. The van der Waals surface area contributed by atoms with Gasteiger partial charge in [-0.1, -0.05) is 42.8 Å².